The molecule has 3 nitrogen and oxygen atoms in total. The van der Waals surface area contributed by atoms with Crippen molar-refractivity contribution >= 4 is 11.6 Å². The molecular weight excluding hydrogens is 384 g/mol. The lowest BCUT2D eigenvalue weighted by atomic mass is 10.1. The van der Waals surface area contributed by atoms with Crippen LogP contribution < -0.4 is 5.56 Å². The Labute approximate surface area is 156 Å². The van der Waals surface area contributed by atoms with Crippen LogP contribution in [0.3, 0.4) is 0 Å². The summed E-state index contributed by atoms with van der Waals surface area (Å²) in [5.41, 5.74) is -0.622. The Bertz CT molecular complexity index is 1060. The Hall–Kier alpha value is -2.67. The number of benzene rings is 2. The molecule has 0 bridgehead atoms. The lowest BCUT2D eigenvalue weighted by Gasteiger charge is -2.17. The largest absolute Gasteiger partial charge is 0.417 e. The van der Waals surface area contributed by atoms with E-state index in [0.717, 1.165) is 29.5 Å². The molecule has 0 unspecified atom stereocenters. The number of halogens is 5. The summed E-state index contributed by atoms with van der Waals surface area (Å²) in [4.78, 5) is 15.3. The van der Waals surface area contributed by atoms with Crippen LogP contribution in [0.25, 0.3) is 11.4 Å². The number of rotatable bonds is 3. The maximum atomic E-state index is 13.8. The van der Waals surface area contributed by atoms with E-state index in [1.165, 1.54) is 10.6 Å². The Balaban J connectivity index is 2.21. The van der Waals surface area contributed by atoms with Crippen LogP contribution in [0.4, 0.5) is 17.6 Å². The zero-order valence-corrected chi connectivity index (χ0v) is 14.8. The molecule has 0 aliphatic carbocycles. The van der Waals surface area contributed by atoms with Gasteiger partial charge in [-0.05, 0) is 30.2 Å². The van der Waals surface area contributed by atoms with Crippen molar-refractivity contribution in [2.75, 3.05) is 0 Å². The van der Waals surface area contributed by atoms with E-state index in [0.29, 0.717) is 0 Å². The van der Waals surface area contributed by atoms with Crippen LogP contribution in [-0.2, 0) is 12.7 Å². The number of hydrogen-bond acceptors (Lipinski definition) is 2. The second kappa shape index (κ2) is 7.15. The van der Waals surface area contributed by atoms with E-state index in [-0.39, 0.29) is 17.9 Å². The van der Waals surface area contributed by atoms with Crippen LogP contribution in [-0.4, -0.2) is 9.55 Å². The van der Waals surface area contributed by atoms with Crippen molar-refractivity contribution in [3.63, 3.8) is 0 Å². The van der Waals surface area contributed by atoms with Crippen molar-refractivity contribution in [2.45, 2.75) is 19.6 Å². The molecule has 0 atom stereocenters. The first kappa shape index (κ1) is 19.1. The smallest absolute Gasteiger partial charge is 0.325 e. The van der Waals surface area contributed by atoms with Crippen molar-refractivity contribution in [3.8, 4) is 11.4 Å². The van der Waals surface area contributed by atoms with Crippen LogP contribution >= 0.6 is 11.6 Å². The summed E-state index contributed by atoms with van der Waals surface area (Å²) in [6.07, 6.45) is -3.75. The van der Waals surface area contributed by atoms with Crippen molar-refractivity contribution in [1.29, 1.82) is 0 Å². The van der Waals surface area contributed by atoms with Crippen LogP contribution in [0, 0.1) is 12.7 Å². The van der Waals surface area contributed by atoms with Crippen LogP contribution in [0.15, 0.2) is 53.5 Å². The average molecular weight is 397 g/mol. The van der Waals surface area contributed by atoms with Gasteiger partial charge in [0.15, 0.2) is 0 Å². The number of nitrogens with zero attached hydrogens (tertiary/aromatic N) is 2. The molecule has 2 aromatic carbocycles. The van der Waals surface area contributed by atoms with E-state index in [9.17, 15) is 22.4 Å². The summed E-state index contributed by atoms with van der Waals surface area (Å²) in [5, 5.41) is -0.595. The molecule has 0 aliphatic heterocycles. The first-order valence-corrected chi connectivity index (χ1v) is 8.24. The van der Waals surface area contributed by atoms with Gasteiger partial charge in [-0.1, -0.05) is 41.9 Å². The summed E-state index contributed by atoms with van der Waals surface area (Å²) in [6.45, 7) is 1.96. The minimum atomic E-state index is -4.67. The Kier molecular flexibility index (Phi) is 5.06. The standard InChI is InChI=1S/C19H13ClF4N2O/c1-11-5-2-3-6-12(11)9-26-10-15(21)18(27)25-17(26)13-7-4-8-14(16(13)20)19(22,23)24/h2-8,10H,9H2,1H3. The maximum absolute atomic E-state index is 13.8. The fourth-order valence-electron chi connectivity index (χ4n) is 2.70. The number of hydrogen-bond donors (Lipinski definition) is 0. The van der Waals surface area contributed by atoms with Gasteiger partial charge in [0.05, 0.1) is 10.6 Å². The first-order valence-electron chi connectivity index (χ1n) is 7.86. The highest BCUT2D eigenvalue weighted by Crippen LogP contribution is 2.39. The predicted molar refractivity (Wildman–Crippen MR) is 94.2 cm³/mol. The van der Waals surface area contributed by atoms with Crippen molar-refractivity contribution in [2.24, 2.45) is 0 Å². The van der Waals surface area contributed by atoms with E-state index in [2.05, 4.69) is 4.98 Å². The highest BCUT2D eigenvalue weighted by atomic mass is 35.5. The van der Waals surface area contributed by atoms with Crippen LogP contribution in [0.1, 0.15) is 16.7 Å². The summed E-state index contributed by atoms with van der Waals surface area (Å²) in [5.74, 6) is -1.24. The highest BCUT2D eigenvalue weighted by Gasteiger charge is 2.34. The topological polar surface area (TPSA) is 34.9 Å². The third-order valence-corrected chi connectivity index (χ3v) is 4.51. The highest BCUT2D eigenvalue weighted by molar-refractivity contribution is 6.34. The van der Waals surface area contributed by atoms with Crippen LogP contribution in [0.5, 0.6) is 0 Å². The third-order valence-electron chi connectivity index (χ3n) is 4.10. The lowest BCUT2D eigenvalue weighted by Crippen LogP contribution is -2.19. The molecule has 0 amide bonds. The minimum Gasteiger partial charge on any atom is -0.325 e. The first-order chi connectivity index (χ1) is 12.7. The van der Waals surface area contributed by atoms with E-state index in [4.69, 9.17) is 11.6 Å². The quantitative estimate of drug-likeness (QED) is 0.579. The minimum absolute atomic E-state index is 0.0998. The molecule has 0 radical (unpaired) electrons. The monoisotopic (exact) mass is 396 g/mol. The fourth-order valence-corrected chi connectivity index (χ4v) is 3.01. The molecule has 8 heteroatoms. The van der Waals surface area contributed by atoms with Gasteiger partial charge in [-0.2, -0.15) is 22.5 Å². The predicted octanol–water partition coefficient (Wildman–Crippen LogP) is 5.08. The molecule has 0 saturated heterocycles. The Morgan fingerprint density at radius 1 is 1.11 bits per heavy atom. The molecule has 0 aliphatic rings. The van der Waals surface area contributed by atoms with Crippen molar-refractivity contribution in [3.05, 3.63) is 86.5 Å². The van der Waals surface area contributed by atoms with Gasteiger partial charge in [-0.25, -0.2) is 0 Å². The maximum Gasteiger partial charge on any atom is 0.417 e. The summed E-state index contributed by atoms with van der Waals surface area (Å²) >= 11 is 5.96. The van der Waals surface area contributed by atoms with Gasteiger partial charge < -0.3 is 4.57 Å². The second-order valence-corrected chi connectivity index (χ2v) is 6.31. The molecule has 1 aromatic heterocycles. The molecule has 1 heterocycles. The van der Waals surface area contributed by atoms with Crippen molar-refractivity contribution in [1.82, 2.24) is 9.55 Å². The zero-order chi connectivity index (χ0) is 19.8. The summed E-state index contributed by atoms with van der Waals surface area (Å²) < 4.78 is 54.6. The molecule has 0 spiro atoms. The fraction of sp³-hybridized carbons (Fsp3) is 0.158. The molecule has 0 N–H and O–H groups in total. The van der Waals surface area contributed by atoms with Crippen LogP contribution in [0.2, 0.25) is 5.02 Å². The molecule has 27 heavy (non-hydrogen) atoms. The second-order valence-electron chi connectivity index (χ2n) is 5.94. The SMILES string of the molecule is Cc1ccccc1Cn1cc(F)c(=O)nc1-c1cccc(C(F)(F)F)c1Cl. The zero-order valence-electron chi connectivity index (χ0n) is 14.0. The van der Waals surface area contributed by atoms with E-state index >= 15 is 0 Å². The average Bonchev–Trinajstić information content (AvgIpc) is 2.59. The molecule has 140 valence electrons. The van der Waals surface area contributed by atoms with Gasteiger partial charge in [0, 0.05) is 18.3 Å². The molecular formula is C19H13ClF4N2O. The molecule has 3 aromatic rings. The summed E-state index contributed by atoms with van der Waals surface area (Å²) in [6, 6.07) is 10.6. The Morgan fingerprint density at radius 3 is 2.48 bits per heavy atom. The third kappa shape index (κ3) is 3.88. The molecule has 0 saturated carbocycles. The van der Waals surface area contributed by atoms with Gasteiger partial charge >= 0.3 is 11.7 Å². The lowest BCUT2D eigenvalue weighted by molar-refractivity contribution is -0.137. The van der Waals surface area contributed by atoms with Crippen molar-refractivity contribution < 1.29 is 17.6 Å². The van der Waals surface area contributed by atoms with E-state index < -0.39 is 28.1 Å². The van der Waals surface area contributed by atoms with Gasteiger partial charge in [-0.15, -0.1) is 0 Å². The summed E-state index contributed by atoms with van der Waals surface area (Å²) in [7, 11) is 0. The number of alkyl halides is 3. The van der Waals surface area contributed by atoms with Gasteiger partial charge in [0.1, 0.15) is 5.82 Å². The van der Waals surface area contributed by atoms with E-state index in [1.54, 1.807) is 12.1 Å². The molecule has 3 rings (SSSR count). The molecule has 0 fully saturated rings. The van der Waals surface area contributed by atoms with Gasteiger partial charge in [0.2, 0.25) is 5.82 Å². The Morgan fingerprint density at radius 2 is 1.81 bits per heavy atom. The van der Waals surface area contributed by atoms with Gasteiger partial charge in [0.25, 0.3) is 0 Å². The number of aromatic nitrogens is 2. The number of aryl methyl sites for hydroxylation is 1. The normalized spacial score (nSPS) is 11.6. The van der Waals surface area contributed by atoms with Gasteiger partial charge in [-0.3, -0.25) is 4.79 Å². The van der Waals surface area contributed by atoms with E-state index in [1.807, 2.05) is 19.1 Å².